The minimum Gasteiger partial charge on any atom is -0.373 e. The summed E-state index contributed by atoms with van der Waals surface area (Å²) in [6.45, 7) is 7.43. The van der Waals surface area contributed by atoms with Gasteiger partial charge in [-0.2, -0.15) is 4.98 Å². The van der Waals surface area contributed by atoms with E-state index < -0.39 is 0 Å². The van der Waals surface area contributed by atoms with Crippen LogP contribution in [0.4, 0.5) is 0 Å². The average Bonchev–Trinajstić information content (AvgIpc) is 3.16. The zero-order valence-corrected chi connectivity index (χ0v) is 13.1. The lowest BCUT2D eigenvalue weighted by Gasteiger charge is -2.16. The Labute approximate surface area is 121 Å². The third-order valence-electron chi connectivity index (χ3n) is 3.84. The van der Waals surface area contributed by atoms with Gasteiger partial charge in [-0.1, -0.05) is 25.9 Å². The Hall–Kier alpha value is -0.940. The van der Waals surface area contributed by atoms with Crippen LogP contribution in [-0.4, -0.2) is 29.8 Å². The van der Waals surface area contributed by atoms with Gasteiger partial charge < -0.3 is 14.6 Å². The van der Waals surface area contributed by atoms with Crippen molar-refractivity contribution in [1.29, 1.82) is 0 Å². The SMILES string of the molecule is CCCNC(Cc1nc(C(OC)C(C)C)no1)C1CC1. The minimum absolute atomic E-state index is 0.0875. The van der Waals surface area contributed by atoms with Crippen LogP contribution in [-0.2, 0) is 11.2 Å². The van der Waals surface area contributed by atoms with Crippen molar-refractivity contribution in [3.63, 3.8) is 0 Å². The Kier molecular flexibility index (Phi) is 5.54. The number of hydrogen-bond acceptors (Lipinski definition) is 5. The minimum atomic E-state index is -0.0875. The molecular formula is C15H27N3O2. The van der Waals surface area contributed by atoms with Crippen molar-refractivity contribution in [2.45, 2.75) is 58.6 Å². The van der Waals surface area contributed by atoms with Crippen LogP contribution in [0.15, 0.2) is 4.52 Å². The zero-order chi connectivity index (χ0) is 14.5. The second kappa shape index (κ2) is 7.18. The Morgan fingerprint density at radius 1 is 1.40 bits per heavy atom. The Morgan fingerprint density at radius 3 is 2.70 bits per heavy atom. The molecule has 1 fully saturated rings. The first-order valence-electron chi connectivity index (χ1n) is 7.74. The Bertz CT molecular complexity index is 402. The van der Waals surface area contributed by atoms with Gasteiger partial charge in [-0.25, -0.2) is 0 Å². The van der Waals surface area contributed by atoms with E-state index in [1.807, 2.05) is 0 Å². The molecule has 1 aromatic heterocycles. The predicted octanol–water partition coefficient (Wildman–Crippen LogP) is 2.73. The van der Waals surface area contributed by atoms with Gasteiger partial charge in [-0.05, 0) is 37.6 Å². The molecule has 1 aromatic rings. The molecule has 1 saturated carbocycles. The van der Waals surface area contributed by atoms with Crippen LogP contribution in [0.5, 0.6) is 0 Å². The van der Waals surface area contributed by atoms with Crippen LogP contribution >= 0.6 is 0 Å². The Balaban J connectivity index is 1.96. The molecule has 1 aliphatic carbocycles. The lowest BCUT2D eigenvalue weighted by atomic mass is 10.1. The standard InChI is InChI=1S/C15H27N3O2/c1-5-8-16-12(11-6-7-11)9-13-17-15(18-20-13)14(19-4)10(2)3/h10-12,14,16H,5-9H2,1-4H3. The highest BCUT2D eigenvalue weighted by Gasteiger charge is 2.32. The molecule has 0 radical (unpaired) electrons. The van der Waals surface area contributed by atoms with Gasteiger partial charge in [0.15, 0.2) is 0 Å². The number of ether oxygens (including phenoxy) is 1. The summed E-state index contributed by atoms with van der Waals surface area (Å²) in [5.74, 6) is 2.51. The highest BCUT2D eigenvalue weighted by Crippen LogP contribution is 2.34. The molecule has 2 unspecified atom stereocenters. The van der Waals surface area contributed by atoms with Crippen molar-refractivity contribution in [3.05, 3.63) is 11.7 Å². The molecular weight excluding hydrogens is 254 g/mol. The van der Waals surface area contributed by atoms with Crippen LogP contribution in [0.2, 0.25) is 0 Å². The van der Waals surface area contributed by atoms with Crippen molar-refractivity contribution in [2.24, 2.45) is 11.8 Å². The van der Waals surface area contributed by atoms with Crippen molar-refractivity contribution < 1.29 is 9.26 Å². The lowest BCUT2D eigenvalue weighted by Crippen LogP contribution is -2.33. The van der Waals surface area contributed by atoms with E-state index in [-0.39, 0.29) is 6.10 Å². The maximum absolute atomic E-state index is 5.44. The van der Waals surface area contributed by atoms with E-state index in [1.54, 1.807) is 7.11 Å². The molecule has 114 valence electrons. The molecule has 0 aromatic carbocycles. The van der Waals surface area contributed by atoms with E-state index >= 15 is 0 Å². The summed E-state index contributed by atoms with van der Waals surface area (Å²) in [7, 11) is 1.69. The van der Waals surface area contributed by atoms with Crippen LogP contribution in [0, 0.1) is 11.8 Å². The van der Waals surface area contributed by atoms with Crippen molar-refractivity contribution in [3.8, 4) is 0 Å². The highest BCUT2D eigenvalue weighted by atomic mass is 16.5. The van der Waals surface area contributed by atoms with E-state index in [0.717, 1.165) is 31.2 Å². The number of nitrogens with zero attached hydrogens (tertiary/aromatic N) is 2. The number of aromatic nitrogens is 2. The van der Waals surface area contributed by atoms with Gasteiger partial charge in [0, 0.05) is 19.6 Å². The number of nitrogens with one attached hydrogen (secondary N) is 1. The zero-order valence-electron chi connectivity index (χ0n) is 13.1. The third kappa shape index (κ3) is 4.03. The fourth-order valence-electron chi connectivity index (χ4n) is 2.56. The van der Waals surface area contributed by atoms with Gasteiger partial charge in [-0.3, -0.25) is 0 Å². The summed E-state index contributed by atoms with van der Waals surface area (Å²) in [6.07, 6.45) is 4.52. The number of hydrogen-bond donors (Lipinski definition) is 1. The Morgan fingerprint density at radius 2 is 2.15 bits per heavy atom. The largest absolute Gasteiger partial charge is 0.373 e. The molecule has 1 aliphatic rings. The molecule has 0 saturated heterocycles. The average molecular weight is 281 g/mol. The van der Waals surface area contributed by atoms with E-state index in [2.05, 4.69) is 36.2 Å². The quantitative estimate of drug-likeness (QED) is 0.754. The smallest absolute Gasteiger partial charge is 0.228 e. The highest BCUT2D eigenvalue weighted by molar-refractivity contribution is 4.97. The first-order chi connectivity index (χ1) is 9.65. The molecule has 0 spiro atoms. The number of methoxy groups -OCH3 is 1. The molecule has 0 aliphatic heterocycles. The van der Waals surface area contributed by atoms with Crippen LogP contribution in [0.25, 0.3) is 0 Å². The van der Waals surface area contributed by atoms with Gasteiger partial charge in [0.2, 0.25) is 11.7 Å². The van der Waals surface area contributed by atoms with E-state index in [9.17, 15) is 0 Å². The summed E-state index contributed by atoms with van der Waals surface area (Å²) >= 11 is 0. The summed E-state index contributed by atoms with van der Waals surface area (Å²) in [5.41, 5.74) is 0. The topological polar surface area (TPSA) is 60.2 Å². The van der Waals surface area contributed by atoms with E-state index in [0.29, 0.717) is 17.8 Å². The molecule has 0 amide bonds. The van der Waals surface area contributed by atoms with Crippen LogP contribution in [0.1, 0.15) is 57.9 Å². The summed E-state index contributed by atoms with van der Waals surface area (Å²) in [5, 5.41) is 7.68. The maximum atomic E-state index is 5.44. The lowest BCUT2D eigenvalue weighted by molar-refractivity contribution is 0.0555. The summed E-state index contributed by atoms with van der Waals surface area (Å²) in [6, 6.07) is 0.475. The molecule has 5 heteroatoms. The summed E-state index contributed by atoms with van der Waals surface area (Å²) in [4.78, 5) is 4.52. The van der Waals surface area contributed by atoms with Crippen molar-refractivity contribution in [2.75, 3.05) is 13.7 Å². The van der Waals surface area contributed by atoms with Crippen molar-refractivity contribution >= 4 is 0 Å². The predicted molar refractivity (Wildman–Crippen MR) is 77.4 cm³/mol. The van der Waals surface area contributed by atoms with Gasteiger partial charge in [0.05, 0.1) is 0 Å². The fraction of sp³-hybridized carbons (Fsp3) is 0.867. The molecule has 20 heavy (non-hydrogen) atoms. The molecule has 1 heterocycles. The fourth-order valence-corrected chi connectivity index (χ4v) is 2.56. The van der Waals surface area contributed by atoms with E-state index in [4.69, 9.17) is 9.26 Å². The van der Waals surface area contributed by atoms with Crippen molar-refractivity contribution in [1.82, 2.24) is 15.5 Å². The first-order valence-corrected chi connectivity index (χ1v) is 7.74. The van der Waals surface area contributed by atoms with Crippen LogP contribution in [0.3, 0.4) is 0 Å². The van der Waals surface area contributed by atoms with E-state index in [1.165, 1.54) is 12.8 Å². The van der Waals surface area contributed by atoms with Gasteiger partial charge in [0.25, 0.3) is 0 Å². The second-order valence-corrected chi connectivity index (χ2v) is 6.05. The molecule has 2 rings (SSSR count). The first kappa shape index (κ1) is 15.4. The van der Waals surface area contributed by atoms with Gasteiger partial charge in [-0.15, -0.1) is 0 Å². The van der Waals surface area contributed by atoms with Crippen LogP contribution < -0.4 is 5.32 Å². The molecule has 1 N–H and O–H groups in total. The monoisotopic (exact) mass is 281 g/mol. The number of rotatable bonds is 9. The molecule has 0 bridgehead atoms. The second-order valence-electron chi connectivity index (χ2n) is 6.05. The molecule has 5 nitrogen and oxygen atoms in total. The molecule has 2 atom stereocenters. The normalized spacial score (nSPS) is 18.4. The summed E-state index contributed by atoms with van der Waals surface area (Å²) < 4.78 is 10.8. The van der Waals surface area contributed by atoms with Gasteiger partial charge >= 0.3 is 0 Å². The third-order valence-corrected chi connectivity index (χ3v) is 3.84. The van der Waals surface area contributed by atoms with Gasteiger partial charge in [0.1, 0.15) is 6.10 Å². The maximum Gasteiger partial charge on any atom is 0.228 e.